The third-order valence-corrected chi connectivity index (χ3v) is 6.48. The van der Waals surface area contributed by atoms with Crippen molar-refractivity contribution >= 4 is 5.91 Å². The van der Waals surface area contributed by atoms with Crippen LogP contribution in [0.1, 0.15) is 38.5 Å². The fraction of sp³-hybridized carbons (Fsp3) is 0.947. The van der Waals surface area contributed by atoms with Gasteiger partial charge in [0.2, 0.25) is 5.91 Å². The van der Waals surface area contributed by atoms with E-state index in [1.165, 1.54) is 0 Å². The third-order valence-electron chi connectivity index (χ3n) is 6.48. The van der Waals surface area contributed by atoms with Crippen molar-refractivity contribution in [1.82, 2.24) is 9.80 Å². The number of piperidine rings is 2. The summed E-state index contributed by atoms with van der Waals surface area (Å²) in [6, 6.07) is 0. The van der Waals surface area contributed by atoms with E-state index in [0.29, 0.717) is 31.0 Å². The molecule has 7 heteroatoms. The highest BCUT2D eigenvalue weighted by Crippen LogP contribution is 2.29. The zero-order valence-corrected chi connectivity index (χ0v) is 15.8. The molecule has 3 rings (SSSR count). The maximum atomic E-state index is 12.7. The van der Waals surface area contributed by atoms with E-state index in [4.69, 9.17) is 4.74 Å². The van der Waals surface area contributed by atoms with Gasteiger partial charge < -0.3 is 25.0 Å². The molecule has 7 nitrogen and oxygen atoms in total. The minimum Gasteiger partial charge on any atom is -0.389 e. The van der Waals surface area contributed by atoms with Gasteiger partial charge in [0.25, 0.3) is 0 Å². The molecule has 3 N–H and O–H groups in total. The van der Waals surface area contributed by atoms with E-state index < -0.39 is 18.3 Å². The van der Waals surface area contributed by atoms with Gasteiger partial charge in [-0.15, -0.1) is 0 Å². The number of carbonyl (C=O) groups excluding carboxylic acids is 1. The minimum atomic E-state index is -1.04. The van der Waals surface area contributed by atoms with Crippen molar-refractivity contribution in [3.05, 3.63) is 0 Å². The largest absolute Gasteiger partial charge is 0.389 e. The molecule has 0 radical (unpaired) electrons. The van der Waals surface area contributed by atoms with E-state index in [2.05, 4.69) is 0 Å². The molecule has 3 aliphatic rings. The predicted molar refractivity (Wildman–Crippen MR) is 96.5 cm³/mol. The van der Waals surface area contributed by atoms with E-state index in [1.807, 2.05) is 9.80 Å². The summed E-state index contributed by atoms with van der Waals surface area (Å²) in [5.41, 5.74) is 0. The number of aliphatic hydroxyl groups excluding tert-OH is 3. The number of hydrogen-bond acceptors (Lipinski definition) is 6. The third kappa shape index (κ3) is 4.75. The Hall–Kier alpha value is -0.730. The number of rotatable bonds is 4. The van der Waals surface area contributed by atoms with Gasteiger partial charge in [-0.1, -0.05) is 0 Å². The fourth-order valence-corrected chi connectivity index (χ4v) is 4.73. The van der Waals surface area contributed by atoms with Crippen molar-refractivity contribution in [2.24, 2.45) is 11.8 Å². The maximum Gasteiger partial charge on any atom is 0.225 e. The van der Waals surface area contributed by atoms with E-state index in [9.17, 15) is 20.1 Å². The highest BCUT2D eigenvalue weighted by molar-refractivity contribution is 5.79. The summed E-state index contributed by atoms with van der Waals surface area (Å²) in [4.78, 5) is 16.8. The average molecular weight is 370 g/mol. The molecule has 2 aliphatic heterocycles. The summed E-state index contributed by atoms with van der Waals surface area (Å²) < 4.78 is 5.39. The van der Waals surface area contributed by atoms with E-state index in [-0.39, 0.29) is 5.92 Å². The first-order valence-corrected chi connectivity index (χ1v) is 10.1. The maximum absolute atomic E-state index is 12.7. The van der Waals surface area contributed by atoms with Gasteiger partial charge in [-0.25, -0.2) is 0 Å². The first-order chi connectivity index (χ1) is 12.5. The van der Waals surface area contributed by atoms with Crippen molar-refractivity contribution in [3.8, 4) is 0 Å². The molecule has 1 amide bonds. The molecule has 150 valence electrons. The molecule has 0 bridgehead atoms. The van der Waals surface area contributed by atoms with Crippen LogP contribution in [0.4, 0.5) is 0 Å². The van der Waals surface area contributed by atoms with E-state index in [0.717, 1.165) is 58.2 Å². The van der Waals surface area contributed by atoms with Gasteiger partial charge in [0.15, 0.2) is 0 Å². The summed E-state index contributed by atoms with van der Waals surface area (Å²) in [5, 5.41) is 29.3. The van der Waals surface area contributed by atoms with Crippen LogP contribution in [0.2, 0.25) is 0 Å². The summed E-state index contributed by atoms with van der Waals surface area (Å²) in [6.07, 6.45) is 3.26. The molecule has 1 aliphatic carbocycles. The molecule has 2 heterocycles. The Balaban J connectivity index is 1.41. The summed E-state index contributed by atoms with van der Waals surface area (Å²) >= 11 is 0. The van der Waals surface area contributed by atoms with Crippen LogP contribution in [0.25, 0.3) is 0 Å². The number of β-amino-alcohol motifs (C(OH)–C–C–N with tert-alkyl or cyclic N) is 2. The first kappa shape index (κ1) is 20.0. The Morgan fingerprint density at radius 1 is 0.962 bits per heavy atom. The summed E-state index contributed by atoms with van der Waals surface area (Å²) in [6.45, 7) is 3.21. The van der Waals surface area contributed by atoms with Gasteiger partial charge in [-0.3, -0.25) is 9.69 Å². The molecule has 2 saturated heterocycles. The molecular formula is C19H34N2O5. The molecule has 0 aromatic heterocycles. The van der Waals surface area contributed by atoms with Gasteiger partial charge in [0.05, 0.1) is 18.3 Å². The number of nitrogens with zero attached hydrogens (tertiary/aromatic N) is 2. The van der Waals surface area contributed by atoms with Gasteiger partial charge in [0, 0.05) is 45.8 Å². The molecular weight excluding hydrogens is 336 g/mol. The van der Waals surface area contributed by atoms with Crippen molar-refractivity contribution in [2.45, 2.75) is 62.9 Å². The second-order valence-corrected chi connectivity index (χ2v) is 8.32. The van der Waals surface area contributed by atoms with Gasteiger partial charge in [-0.2, -0.15) is 0 Å². The Morgan fingerprint density at radius 3 is 2.08 bits per heavy atom. The zero-order valence-electron chi connectivity index (χ0n) is 15.8. The van der Waals surface area contributed by atoms with E-state index in [1.54, 1.807) is 7.11 Å². The molecule has 0 aromatic carbocycles. The highest BCUT2D eigenvalue weighted by Gasteiger charge is 2.35. The van der Waals surface area contributed by atoms with E-state index >= 15 is 0 Å². The summed E-state index contributed by atoms with van der Waals surface area (Å²) in [5.74, 6) is 0.940. The Labute approximate surface area is 155 Å². The minimum absolute atomic E-state index is 0.159. The Morgan fingerprint density at radius 2 is 1.54 bits per heavy atom. The molecule has 2 atom stereocenters. The van der Waals surface area contributed by atoms with Crippen LogP contribution >= 0.6 is 0 Å². The average Bonchev–Trinajstić information content (AvgIpc) is 2.66. The SMILES string of the molecule is COC1CCC(C(=O)N2CCC(CN3CC(O)C(O)C(O)C3)CC2)CC1. The van der Waals surface area contributed by atoms with Crippen LogP contribution in [-0.2, 0) is 9.53 Å². The second-order valence-electron chi connectivity index (χ2n) is 8.32. The predicted octanol–water partition coefficient (Wildman–Crippen LogP) is -0.171. The van der Waals surface area contributed by atoms with Crippen LogP contribution in [0, 0.1) is 11.8 Å². The Bertz CT molecular complexity index is 449. The Kier molecular flexibility index (Phi) is 6.91. The fourth-order valence-electron chi connectivity index (χ4n) is 4.73. The number of likely N-dealkylation sites (tertiary alicyclic amines) is 2. The van der Waals surface area contributed by atoms with Crippen molar-refractivity contribution in [3.63, 3.8) is 0 Å². The zero-order chi connectivity index (χ0) is 18.7. The van der Waals surface area contributed by atoms with Gasteiger partial charge in [0.1, 0.15) is 6.10 Å². The lowest BCUT2D eigenvalue weighted by molar-refractivity contribution is -0.139. The molecule has 0 spiro atoms. The van der Waals surface area contributed by atoms with Gasteiger partial charge >= 0.3 is 0 Å². The number of aliphatic hydroxyl groups is 3. The smallest absolute Gasteiger partial charge is 0.225 e. The standard InChI is InChI=1S/C19H34N2O5/c1-26-15-4-2-14(3-5-15)19(25)21-8-6-13(7-9-21)10-20-11-16(22)18(24)17(23)12-20/h13-18,22-24H,2-12H2,1H3. The summed E-state index contributed by atoms with van der Waals surface area (Å²) in [7, 11) is 1.75. The number of amides is 1. The molecule has 3 fully saturated rings. The molecule has 0 aromatic rings. The molecule has 26 heavy (non-hydrogen) atoms. The van der Waals surface area contributed by atoms with Crippen LogP contribution in [-0.4, -0.2) is 95.3 Å². The topological polar surface area (TPSA) is 93.5 Å². The number of carbonyl (C=O) groups is 1. The molecule has 2 unspecified atom stereocenters. The number of ether oxygens (including phenoxy) is 1. The number of methoxy groups -OCH3 is 1. The second kappa shape index (κ2) is 8.97. The van der Waals surface area contributed by atoms with Crippen molar-refractivity contribution in [2.75, 3.05) is 39.8 Å². The van der Waals surface area contributed by atoms with Crippen molar-refractivity contribution < 1.29 is 24.9 Å². The van der Waals surface area contributed by atoms with Crippen LogP contribution in [0.3, 0.4) is 0 Å². The normalized spacial score (nSPS) is 37.7. The number of hydrogen-bond donors (Lipinski definition) is 3. The quantitative estimate of drug-likeness (QED) is 0.636. The lowest BCUT2D eigenvalue weighted by Crippen LogP contribution is -2.56. The van der Waals surface area contributed by atoms with Crippen LogP contribution in [0.15, 0.2) is 0 Å². The van der Waals surface area contributed by atoms with Gasteiger partial charge in [-0.05, 0) is 44.4 Å². The van der Waals surface area contributed by atoms with Crippen molar-refractivity contribution in [1.29, 1.82) is 0 Å². The molecule has 1 saturated carbocycles. The van der Waals surface area contributed by atoms with Crippen LogP contribution < -0.4 is 0 Å². The monoisotopic (exact) mass is 370 g/mol. The highest BCUT2D eigenvalue weighted by atomic mass is 16.5. The van der Waals surface area contributed by atoms with Crippen LogP contribution in [0.5, 0.6) is 0 Å². The first-order valence-electron chi connectivity index (χ1n) is 10.1. The lowest BCUT2D eigenvalue weighted by Gasteiger charge is -2.41. The lowest BCUT2D eigenvalue weighted by atomic mass is 9.85.